The molecule has 1 atom stereocenters. The SMILES string of the molecule is CC(C)C(NC(=O)COc1ccccc1)C(=O)NCc1ccc(N2CCCCC2)nc1. The summed E-state index contributed by atoms with van der Waals surface area (Å²) in [5, 5.41) is 5.69. The molecule has 0 radical (unpaired) electrons. The summed E-state index contributed by atoms with van der Waals surface area (Å²) >= 11 is 0. The van der Waals surface area contributed by atoms with E-state index in [1.54, 1.807) is 18.3 Å². The number of carbonyl (C=O) groups is 2. The number of hydrogen-bond donors (Lipinski definition) is 2. The van der Waals surface area contributed by atoms with E-state index < -0.39 is 6.04 Å². The van der Waals surface area contributed by atoms with Crippen LogP contribution in [0.25, 0.3) is 0 Å². The number of aromatic nitrogens is 1. The fourth-order valence-corrected chi connectivity index (χ4v) is 3.55. The molecule has 2 N–H and O–H groups in total. The molecule has 7 nitrogen and oxygen atoms in total. The molecule has 2 heterocycles. The Hall–Kier alpha value is -3.09. The molecule has 1 unspecified atom stereocenters. The van der Waals surface area contributed by atoms with E-state index in [2.05, 4.69) is 20.5 Å². The van der Waals surface area contributed by atoms with Gasteiger partial charge in [0.05, 0.1) is 0 Å². The van der Waals surface area contributed by atoms with Crippen LogP contribution < -0.4 is 20.3 Å². The Morgan fingerprint density at radius 2 is 1.81 bits per heavy atom. The number of nitrogens with zero attached hydrogens (tertiary/aromatic N) is 2. The first kappa shape index (κ1) is 22.6. The quantitative estimate of drug-likeness (QED) is 0.647. The Balaban J connectivity index is 1.47. The van der Waals surface area contributed by atoms with E-state index >= 15 is 0 Å². The number of carbonyl (C=O) groups excluding carboxylic acids is 2. The molecular formula is C24H32N4O3. The molecule has 0 saturated carbocycles. The monoisotopic (exact) mass is 424 g/mol. The van der Waals surface area contributed by atoms with Gasteiger partial charge in [0.15, 0.2) is 6.61 Å². The second-order valence-electron chi connectivity index (χ2n) is 8.18. The van der Waals surface area contributed by atoms with Crippen LogP contribution in [-0.2, 0) is 16.1 Å². The highest BCUT2D eigenvalue weighted by Gasteiger charge is 2.24. The zero-order valence-corrected chi connectivity index (χ0v) is 18.3. The topological polar surface area (TPSA) is 83.6 Å². The van der Waals surface area contributed by atoms with E-state index in [4.69, 9.17) is 4.74 Å². The van der Waals surface area contributed by atoms with Crippen molar-refractivity contribution in [2.24, 2.45) is 5.92 Å². The molecule has 31 heavy (non-hydrogen) atoms. The summed E-state index contributed by atoms with van der Waals surface area (Å²) in [5.74, 6) is 0.998. The normalized spacial score (nSPS) is 14.7. The minimum atomic E-state index is -0.632. The van der Waals surface area contributed by atoms with Crippen molar-refractivity contribution in [2.75, 3.05) is 24.6 Å². The summed E-state index contributed by atoms with van der Waals surface area (Å²) in [6.07, 6.45) is 5.50. The van der Waals surface area contributed by atoms with Gasteiger partial charge in [-0.05, 0) is 48.9 Å². The molecule has 0 aliphatic carbocycles. The molecule has 3 rings (SSSR count). The van der Waals surface area contributed by atoms with Gasteiger partial charge in [-0.3, -0.25) is 9.59 Å². The standard InChI is InChI=1S/C24H32N4O3/c1-18(2)23(27-22(29)17-31-20-9-5-3-6-10-20)24(30)26-16-19-11-12-21(25-15-19)28-13-7-4-8-14-28/h3,5-6,9-12,15,18,23H,4,7-8,13-14,16-17H2,1-2H3,(H,26,30)(H,27,29). The maximum Gasteiger partial charge on any atom is 0.258 e. The van der Waals surface area contributed by atoms with Crippen molar-refractivity contribution < 1.29 is 14.3 Å². The fourth-order valence-electron chi connectivity index (χ4n) is 3.55. The number of ether oxygens (including phenoxy) is 1. The first-order chi connectivity index (χ1) is 15.0. The lowest BCUT2D eigenvalue weighted by molar-refractivity contribution is -0.131. The number of piperidine rings is 1. The van der Waals surface area contributed by atoms with Gasteiger partial charge in [-0.25, -0.2) is 4.98 Å². The third kappa shape index (κ3) is 6.98. The van der Waals surface area contributed by atoms with Gasteiger partial charge in [0.1, 0.15) is 17.6 Å². The van der Waals surface area contributed by atoms with Crippen molar-refractivity contribution in [3.8, 4) is 5.75 Å². The number of nitrogens with one attached hydrogen (secondary N) is 2. The van der Waals surface area contributed by atoms with E-state index in [1.807, 2.05) is 44.2 Å². The molecule has 1 aliphatic heterocycles. The van der Waals surface area contributed by atoms with Crippen LogP contribution >= 0.6 is 0 Å². The van der Waals surface area contributed by atoms with Gasteiger partial charge in [-0.2, -0.15) is 0 Å². The number of anilines is 1. The lowest BCUT2D eigenvalue weighted by Crippen LogP contribution is -2.50. The Morgan fingerprint density at radius 1 is 1.06 bits per heavy atom. The summed E-state index contributed by atoms with van der Waals surface area (Å²) < 4.78 is 5.46. The zero-order chi connectivity index (χ0) is 22.1. The van der Waals surface area contributed by atoms with Crippen molar-refractivity contribution >= 4 is 17.6 Å². The van der Waals surface area contributed by atoms with E-state index in [0.717, 1.165) is 24.5 Å². The van der Waals surface area contributed by atoms with Crippen molar-refractivity contribution in [1.82, 2.24) is 15.6 Å². The maximum absolute atomic E-state index is 12.7. The molecule has 1 aromatic heterocycles. The summed E-state index contributed by atoms with van der Waals surface area (Å²) in [5.41, 5.74) is 0.926. The van der Waals surface area contributed by atoms with Gasteiger partial charge < -0.3 is 20.3 Å². The Labute approximate surface area is 184 Å². The minimum absolute atomic E-state index is 0.0553. The van der Waals surface area contributed by atoms with E-state index in [9.17, 15) is 9.59 Å². The number of pyridine rings is 1. The summed E-state index contributed by atoms with van der Waals surface area (Å²) in [6, 6.07) is 12.5. The van der Waals surface area contributed by atoms with Crippen LogP contribution in [0.2, 0.25) is 0 Å². The lowest BCUT2D eigenvalue weighted by atomic mass is 10.0. The highest BCUT2D eigenvalue weighted by molar-refractivity contribution is 5.88. The maximum atomic E-state index is 12.7. The average molecular weight is 425 g/mol. The molecular weight excluding hydrogens is 392 g/mol. The fraction of sp³-hybridized carbons (Fsp3) is 0.458. The van der Waals surface area contributed by atoms with Gasteiger partial charge in [-0.1, -0.05) is 38.1 Å². The molecule has 1 aliphatic rings. The molecule has 2 amide bonds. The Morgan fingerprint density at radius 3 is 2.45 bits per heavy atom. The molecule has 7 heteroatoms. The highest BCUT2D eigenvalue weighted by atomic mass is 16.5. The third-order valence-electron chi connectivity index (χ3n) is 5.33. The highest BCUT2D eigenvalue weighted by Crippen LogP contribution is 2.17. The first-order valence-corrected chi connectivity index (χ1v) is 11.0. The van der Waals surface area contributed by atoms with E-state index in [-0.39, 0.29) is 24.3 Å². The van der Waals surface area contributed by atoms with Crippen LogP contribution in [0.1, 0.15) is 38.7 Å². The van der Waals surface area contributed by atoms with Crippen molar-refractivity contribution in [1.29, 1.82) is 0 Å². The number of amides is 2. The largest absolute Gasteiger partial charge is 0.484 e. The smallest absolute Gasteiger partial charge is 0.258 e. The molecule has 0 bridgehead atoms. The molecule has 1 fully saturated rings. The molecule has 2 aromatic rings. The van der Waals surface area contributed by atoms with Crippen LogP contribution in [-0.4, -0.2) is 42.5 Å². The number of hydrogen-bond acceptors (Lipinski definition) is 5. The summed E-state index contributed by atoms with van der Waals surface area (Å²) in [7, 11) is 0. The van der Waals surface area contributed by atoms with Gasteiger partial charge in [0, 0.05) is 25.8 Å². The van der Waals surface area contributed by atoms with Crippen molar-refractivity contribution in [2.45, 2.75) is 45.7 Å². The van der Waals surface area contributed by atoms with Crippen LogP contribution in [0.4, 0.5) is 5.82 Å². The lowest BCUT2D eigenvalue weighted by Gasteiger charge is -2.27. The number of benzene rings is 1. The second-order valence-corrected chi connectivity index (χ2v) is 8.18. The van der Waals surface area contributed by atoms with E-state index in [1.165, 1.54) is 19.3 Å². The molecule has 166 valence electrons. The Bertz CT molecular complexity index is 834. The van der Waals surface area contributed by atoms with Crippen LogP contribution in [0.5, 0.6) is 5.75 Å². The molecule has 1 saturated heterocycles. The molecule has 0 spiro atoms. The van der Waals surface area contributed by atoms with Crippen LogP contribution in [0.3, 0.4) is 0 Å². The Kier molecular flexibility index (Phi) is 8.27. The van der Waals surface area contributed by atoms with Gasteiger partial charge >= 0.3 is 0 Å². The first-order valence-electron chi connectivity index (χ1n) is 11.0. The zero-order valence-electron chi connectivity index (χ0n) is 18.3. The average Bonchev–Trinajstić information content (AvgIpc) is 2.81. The van der Waals surface area contributed by atoms with Gasteiger partial charge in [-0.15, -0.1) is 0 Å². The predicted molar refractivity (Wildman–Crippen MR) is 121 cm³/mol. The number of para-hydroxylation sites is 1. The predicted octanol–water partition coefficient (Wildman–Crippen LogP) is 2.91. The number of rotatable bonds is 9. The van der Waals surface area contributed by atoms with Crippen molar-refractivity contribution in [3.63, 3.8) is 0 Å². The van der Waals surface area contributed by atoms with Gasteiger partial charge in [0.2, 0.25) is 5.91 Å². The van der Waals surface area contributed by atoms with Crippen LogP contribution in [0, 0.1) is 5.92 Å². The van der Waals surface area contributed by atoms with E-state index in [0.29, 0.717) is 12.3 Å². The summed E-state index contributed by atoms with van der Waals surface area (Å²) in [4.78, 5) is 31.8. The van der Waals surface area contributed by atoms with Crippen LogP contribution in [0.15, 0.2) is 48.7 Å². The van der Waals surface area contributed by atoms with Gasteiger partial charge in [0.25, 0.3) is 5.91 Å². The minimum Gasteiger partial charge on any atom is -0.484 e. The molecule has 1 aromatic carbocycles. The second kappa shape index (κ2) is 11.3. The van der Waals surface area contributed by atoms with Crippen molar-refractivity contribution in [3.05, 3.63) is 54.2 Å². The third-order valence-corrected chi connectivity index (χ3v) is 5.33. The summed E-state index contributed by atoms with van der Waals surface area (Å²) in [6.45, 7) is 6.13.